The second-order valence-electron chi connectivity index (χ2n) is 6.35. The second-order valence-corrected chi connectivity index (χ2v) is 6.74. The number of carbonyl (C=O) groups excluding carboxylic acids is 1. The summed E-state index contributed by atoms with van der Waals surface area (Å²) in [6, 6.07) is 12.4. The van der Waals surface area contributed by atoms with Gasteiger partial charge in [0.15, 0.2) is 11.0 Å². The molecule has 0 aliphatic carbocycles. The van der Waals surface area contributed by atoms with Crippen LogP contribution in [0.25, 0.3) is 0 Å². The predicted octanol–water partition coefficient (Wildman–Crippen LogP) is 2.33. The molecule has 6 nitrogen and oxygen atoms in total. The summed E-state index contributed by atoms with van der Waals surface area (Å²) >= 11 is 5.86. The van der Waals surface area contributed by atoms with Gasteiger partial charge in [0.25, 0.3) is 5.91 Å². The summed E-state index contributed by atoms with van der Waals surface area (Å²) < 4.78 is 0. The van der Waals surface area contributed by atoms with Crippen molar-refractivity contribution >= 4 is 23.3 Å². The molecule has 1 fully saturated rings. The Morgan fingerprint density at radius 2 is 2.00 bits per heavy atom. The summed E-state index contributed by atoms with van der Waals surface area (Å²) in [6.45, 7) is 5.56. The molecule has 0 spiro atoms. The zero-order valence-electron chi connectivity index (χ0n) is 14.2. The Balaban J connectivity index is 1.76. The third-order valence-corrected chi connectivity index (χ3v) is 4.82. The summed E-state index contributed by atoms with van der Waals surface area (Å²) in [7, 11) is 0. The first-order chi connectivity index (χ1) is 12.0. The standard InChI is InChI=1S/C18H22ClN5O/c1-13-7-8-23(18-15(17(20)25)11-16(19)21-22-18)9-10-24(13)12-14-5-3-2-4-6-14/h2-6,11,13H,7-10,12H2,1H3,(H2,20,25). The van der Waals surface area contributed by atoms with Crippen LogP contribution in [0.1, 0.15) is 29.3 Å². The van der Waals surface area contributed by atoms with Crippen LogP contribution < -0.4 is 10.6 Å². The molecule has 7 heteroatoms. The number of anilines is 1. The van der Waals surface area contributed by atoms with Gasteiger partial charge in [-0.2, -0.15) is 0 Å². The van der Waals surface area contributed by atoms with Crippen molar-refractivity contribution in [2.45, 2.75) is 25.9 Å². The fourth-order valence-corrected chi connectivity index (χ4v) is 3.29. The Morgan fingerprint density at radius 3 is 2.72 bits per heavy atom. The summed E-state index contributed by atoms with van der Waals surface area (Å²) in [5, 5.41) is 8.18. The molecule has 1 saturated heterocycles. The first-order valence-electron chi connectivity index (χ1n) is 8.40. The van der Waals surface area contributed by atoms with Crippen molar-refractivity contribution in [2.24, 2.45) is 5.73 Å². The normalized spacial score (nSPS) is 18.8. The number of aromatic nitrogens is 2. The molecule has 0 bridgehead atoms. The number of carbonyl (C=O) groups is 1. The molecule has 1 aromatic carbocycles. The lowest BCUT2D eigenvalue weighted by atomic mass is 10.1. The molecule has 1 aromatic heterocycles. The van der Waals surface area contributed by atoms with Gasteiger partial charge in [0.1, 0.15) is 0 Å². The van der Waals surface area contributed by atoms with Crippen molar-refractivity contribution in [1.29, 1.82) is 0 Å². The Bertz CT molecular complexity index is 740. The van der Waals surface area contributed by atoms with E-state index < -0.39 is 5.91 Å². The smallest absolute Gasteiger partial charge is 0.252 e. The number of halogens is 1. The number of nitrogens with zero attached hydrogens (tertiary/aromatic N) is 4. The quantitative estimate of drug-likeness (QED) is 0.906. The molecular formula is C18H22ClN5O. The Hall–Kier alpha value is -2.18. The van der Waals surface area contributed by atoms with Crippen LogP contribution in [0.2, 0.25) is 5.15 Å². The highest BCUT2D eigenvalue weighted by Crippen LogP contribution is 2.23. The predicted molar refractivity (Wildman–Crippen MR) is 98.7 cm³/mol. The SMILES string of the molecule is CC1CCN(c2nnc(Cl)cc2C(N)=O)CCN1Cc1ccccc1. The van der Waals surface area contributed by atoms with E-state index in [0.717, 1.165) is 32.6 Å². The second kappa shape index (κ2) is 7.80. The van der Waals surface area contributed by atoms with Gasteiger partial charge >= 0.3 is 0 Å². The van der Waals surface area contributed by atoms with E-state index in [1.165, 1.54) is 11.6 Å². The number of hydrogen-bond acceptors (Lipinski definition) is 5. The van der Waals surface area contributed by atoms with Crippen molar-refractivity contribution < 1.29 is 4.79 Å². The van der Waals surface area contributed by atoms with Gasteiger partial charge in [-0.15, -0.1) is 10.2 Å². The molecule has 0 radical (unpaired) electrons. The van der Waals surface area contributed by atoms with E-state index in [2.05, 4.69) is 51.2 Å². The molecule has 1 aliphatic rings. The van der Waals surface area contributed by atoms with Crippen LogP contribution in [0.4, 0.5) is 5.82 Å². The first-order valence-corrected chi connectivity index (χ1v) is 8.78. The van der Waals surface area contributed by atoms with E-state index in [-0.39, 0.29) is 5.15 Å². The highest BCUT2D eigenvalue weighted by atomic mass is 35.5. The minimum Gasteiger partial charge on any atom is -0.365 e. The molecule has 1 unspecified atom stereocenters. The number of amides is 1. The zero-order valence-corrected chi connectivity index (χ0v) is 15.0. The van der Waals surface area contributed by atoms with Crippen molar-refractivity contribution in [3.63, 3.8) is 0 Å². The van der Waals surface area contributed by atoms with Crippen LogP contribution in [0.5, 0.6) is 0 Å². The maximum atomic E-state index is 11.7. The number of rotatable bonds is 4. The Morgan fingerprint density at radius 1 is 1.24 bits per heavy atom. The summed E-state index contributed by atoms with van der Waals surface area (Å²) in [5.74, 6) is -0.0177. The highest BCUT2D eigenvalue weighted by molar-refractivity contribution is 6.29. The topological polar surface area (TPSA) is 75.4 Å². The molecule has 1 amide bonds. The molecular weight excluding hydrogens is 338 g/mol. The monoisotopic (exact) mass is 359 g/mol. The van der Waals surface area contributed by atoms with Gasteiger partial charge in [0.05, 0.1) is 5.56 Å². The van der Waals surface area contributed by atoms with E-state index in [1.807, 2.05) is 6.07 Å². The lowest BCUT2D eigenvalue weighted by Gasteiger charge is -2.26. The molecule has 2 aromatic rings. The summed E-state index contributed by atoms with van der Waals surface area (Å²) in [5.41, 5.74) is 7.10. The van der Waals surface area contributed by atoms with Gasteiger partial charge in [-0.1, -0.05) is 41.9 Å². The minimum atomic E-state index is -0.537. The van der Waals surface area contributed by atoms with Crippen molar-refractivity contribution in [3.8, 4) is 0 Å². The fourth-order valence-electron chi connectivity index (χ4n) is 3.15. The van der Waals surface area contributed by atoms with E-state index in [1.54, 1.807) is 0 Å². The minimum absolute atomic E-state index is 0.173. The number of hydrogen-bond donors (Lipinski definition) is 1. The number of nitrogens with two attached hydrogens (primary N) is 1. The lowest BCUT2D eigenvalue weighted by Crippen LogP contribution is -2.35. The summed E-state index contributed by atoms with van der Waals surface area (Å²) in [4.78, 5) is 16.3. The lowest BCUT2D eigenvalue weighted by molar-refractivity contribution is 0.1000. The highest BCUT2D eigenvalue weighted by Gasteiger charge is 2.24. The summed E-state index contributed by atoms with van der Waals surface area (Å²) in [6.07, 6.45) is 0.968. The first kappa shape index (κ1) is 17.6. The van der Waals surface area contributed by atoms with E-state index >= 15 is 0 Å². The van der Waals surface area contributed by atoms with E-state index in [4.69, 9.17) is 17.3 Å². The molecule has 1 atom stereocenters. The third-order valence-electron chi connectivity index (χ3n) is 4.64. The van der Waals surface area contributed by atoms with Crippen LogP contribution in [0.15, 0.2) is 36.4 Å². The largest absolute Gasteiger partial charge is 0.365 e. The van der Waals surface area contributed by atoms with Crippen LogP contribution in [-0.4, -0.2) is 46.7 Å². The van der Waals surface area contributed by atoms with Gasteiger partial charge in [0, 0.05) is 32.2 Å². The molecule has 25 heavy (non-hydrogen) atoms. The number of primary amides is 1. The molecule has 3 rings (SSSR count). The molecule has 1 aliphatic heterocycles. The van der Waals surface area contributed by atoms with Crippen LogP contribution in [0.3, 0.4) is 0 Å². The zero-order chi connectivity index (χ0) is 17.8. The van der Waals surface area contributed by atoms with Gasteiger partial charge in [0.2, 0.25) is 0 Å². The van der Waals surface area contributed by atoms with Gasteiger partial charge in [-0.05, 0) is 25.0 Å². The van der Waals surface area contributed by atoms with Crippen molar-refractivity contribution in [3.05, 3.63) is 52.7 Å². The third kappa shape index (κ3) is 4.27. The van der Waals surface area contributed by atoms with Gasteiger partial charge in [-0.3, -0.25) is 9.69 Å². The van der Waals surface area contributed by atoms with Crippen LogP contribution in [-0.2, 0) is 6.54 Å². The molecule has 0 saturated carbocycles. The molecule has 2 heterocycles. The molecule has 2 N–H and O–H groups in total. The van der Waals surface area contributed by atoms with E-state index in [9.17, 15) is 4.79 Å². The van der Waals surface area contributed by atoms with Crippen LogP contribution >= 0.6 is 11.6 Å². The number of benzene rings is 1. The molecule has 132 valence electrons. The van der Waals surface area contributed by atoms with E-state index in [0.29, 0.717) is 17.4 Å². The average molecular weight is 360 g/mol. The van der Waals surface area contributed by atoms with Gasteiger partial charge in [-0.25, -0.2) is 0 Å². The van der Waals surface area contributed by atoms with Gasteiger partial charge < -0.3 is 10.6 Å². The fraction of sp³-hybridized carbons (Fsp3) is 0.389. The Labute approximate surface area is 152 Å². The maximum absolute atomic E-state index is 11.7. The average Bonchev–Trinajstić information content (AvgIpc) is 2.78. The Kier molecular flexibility index (Phi) is 5.50. The maximum Gasteiger partial charge on any atom is 0.252 e. The van der Waals surface area contributed by atoms with Crippen molar-refractivity contribution in [2.75, 3.05) is 24.5 Å². The van der Waals surface area contributed by atoms with Crippen molar-refractivity contribution in [1.82, 2.24) is 15.1 Å². The van der Waals surface area contributed by atoms with Crippen LogP contribution in [0, 0.1) is 0 Å².